The first-order chi connectivity index (χ1) is 8.85. The second-order valence-electron chi connectivity index (χ2n) is 5.26. The van der Waals surface area contributed by atoms with Crippen LogP contribution >= 0.6 is 0 Å². The molecule has 0 saturated carbocycles. The van der Waals surface area contributed by atoms with Crippen LogP contribution in [0.3, 0.4) is 0 Å². The first-order valence-electron chi connectivity index (χ1n) is 6.28. The molecule has 2 N–H and O–H groups in total. The lowest BCUT2D eigenvalue weighted by molar-refractivity contribution is -0.123. The average molecular weight is 260 g/mol. The van der Waals surface area contributed by atoms with Gasteiger partial charge in [-0.1, -0.05) is 0 Å². The summed E-state index contributed by atoms with van der Waals surface area (Å²) in [7, 11) is 3.57. The van der Waals surface area contributed by atoms with Crippen molar-refractivity contribution in [2.75, 3.05) is 19.0 Å². The van der Waals surface area contributed by atoms with Gasteiger partial charge in [-0.05, 0) is 46.0 Å². The molecule has 0 fully saturated rings. The molecule has 0 aliphatic heterocycles. The molecule has 1 amide bonds. The Morgan fingerprint density at radius 1 is 1.42 bits per heavy atom. The van der Waals surface area contributed by atoms with Gasteiger partial charge in [-0.3, -0.25) is 4.79 Å². The van der Waals surface area contributed by atoms with Gasteiger partial charge < -0.3 is 15.2 Å². The Balaban J connectivity index is 2.35. The highest BCUT2D eigenvalue weighted by atomic mass is 16.2. The van der Waals surface area contributed by atoms with E-state index in [-0.39, 0.29) is 5.91 Å². The minimum Gasteiger partial charge on any atom is -0.342 e. The van der Waals surface area contributed by atoms with Crippen molar-refractivity contribution in [2.24, 2.45) is 0 Å². The van der Waals surface area contributed by atoms with Gasteiger partial charge in [0.2, 0.25) is 5.91 Å². The molecule has 102 valence electrons. The van der Waals surface area contributed by atoms with Crippen LogP contribution < -0.4 is 10.2 Å². The summed E-state index contributed by atoms with van der Waals surface area (Å²) < 4.78 is 0. The maximum Gasteiger partial charge on any atom is 0.246 e. The zero-order valence-electron chi connectivity index (χ0n) is 12.0. The fraction of sp³-hybridized carbons (Fsp3) is 0.429. The Hall–Kier alpha value is -1.88. The van der Waals surface area contributed by atoms with Crippen LogP contribution in [0.25, 0.3) is 11.0 Å². The molecule has 2 aromatic rings. The molecule has 0 aliphatic rings. The van der Waals surface area contributed by atoms with Crippen LogP contribution in [0.2, 0.25) is 0 Å². The van der Waals surface area contributed by atoms with E-state index in [9.17, 15) is 4.79 Å². The Morgan fingerprint density at radius 3 is 2.74 bits per heavy atom. The number of hydrogen-bond donors (Lipinski definition) is 2. The molecule has 1 aromatic carbocycles. The van der Waals surface area contributed by atoms with Crippen molar-refractivity contribution < 1.29 is 4.79 Å². The Morgan fingerprint density at radius 2 is 2.11 bits per heavy atom. The summed E-state index contributed by atoms with van der Waals surface area (Å²) in [6.07, 6.45) is 0. The van der Waals surface area contributed by atoms with Crippen molar-refractivity contribution in [1.29, 1.82) is 0 Å². The summed E-state index contributed by atoms with van der Waals surface area (Å²) >= 11 is 0. The van der Waals surface area contributed by atoms with Gasteiger partial charge in [0, 0.05) is 12.7 Å². The van der Waals surface area contributed by atoms with Crippen LogP contribution in [0.5, 0.6) is 0 Å². The number of amides is 1. The van der Waals surface area contributed by atoms with Crippen LogP contribution in [-0.2, 0) is 4.79 Å². The molecule has 19 heavy (non-hydrogen) atoms. The van der Waals surface area contributed by atoms with Crippen molar-refractivity contribution in [2.45, 2.75) is 26.3 Å². The standard InChI is InChI=1S/C14H20N4O/c1-9-16-11-7-6-10(8-12(11)17-9)18(5)13(19)14(2,3)15-4/h6-8,15H,1-5H3,(H,16,17). The third-order valence-electron chi connectivity index (χ3n) is 3.44. The number of nitrogens with one attached hydrogen (secondary N) is 2. The normalized spacial score (nSPS) is 11.8. The van der Waals surface area contributed by atoms with Crippen LogP contribution in [0.4, 0.5) is 5.69 Å². The van der Waals surface area contributed by atoms with Crippen molar-refractivity contribution in [3.8, 4) is 0 Å². The van der Waals surface area contributed by atoms with E-state index >= 15 is 0 Å². The SMILES string of the molecule is CNC(C)(C)C(=O)N(C)c1ccc2nc(C)[nH]c2c1. The summed E-state index contributed by atoms with van der Waals surface area (Å²) in [5.41, 5.74) is 2.12. The number of benzene rings is 1. The highest BCUT2D eigenvalue weighted by Crippen LogP contribution is 2.21. The third kappa shape index (κ3) is 2.46. The number of anilines is 1. The highest BCUT2D eigenvalue weighted by molar-refractivity contribution is 6.00. The van der Waals surface area contributed by atoms with Gasteiger partial charge in [-0.2, -0.15) is 0 Å². The van der Waals surface area contributed by atoms with Gasteiger partial charge in [-0.25, -0.2) is 4.98 Å². The maximum atomic E-state index is 12.4. The Kier molecular flexibility index (Phi) is 3.32. The maximum absolute atomic E-state index is 12.4. The Labute approximate surface area is 113 Å². The monoisotopic (exact) mass is 260 g/mol. The number of aromatic nitrogens is 2. The fourth-order valence-corrected chi connectivity index (χ4v) is 1.98. The number of fused-ring (bicyclic) bond motifs is 1. The third-order valence-corrected chi connectivity index (χ3v) is 3.44. The molecule has 1 heterocycles. The minimum absolute atomic E-state index is 0.0191. The van der Waals surface area contributed by atoms with Crippen molar-refractivity contribution in [3.63, 3.8) is 0 Å². The van der Waals surface area contributed by atoms with E-state index in [4.69, 9.17) is 0 Å². The van der Waals surface area contributed by atoms with Crippen LogP contribution in [0.15, 0.2) is 18.2 Å². The quantitative estimate of drug-likeness (QED) is 0.885. The number of rotatable bonds is 3. The first kappa shape index (κ1) is 13.5. The predicted molar refractivity (Wildman–Crippen MR) is 77.4 cm³/mol. The number of aromatic amines is 1. The van der Waals surface area contributed by atoms with Crippen LogP contribution in [0.1, 0.15) is 19.7 Å². The van der Waals surface area contributed by atoms with Crippen molar-refractivity contribution in [1.82, 2.24) is 15.3 Å². The van der Waals surface area contributed by atoms with E-state index < -0.39 is 5.54 Å². The number of imidazole rings is 1. The molecule has 0 atom stereocenters. The van der Waals surface area contributed by atoms with E-state index in [0.29, 0.717) is 0 Å². The summed E-state index contributed by atoms with van der Waals surface area (Å²) in [5, 5.41) is 3.02. The molecule has 5 nitrogen and oxygen atoms in total. The molecular weight excluding hydrogens is 240 g/mol. The minimum atomic E-state index is -0.590. The fourth-order valence-electron chi connectivity index (χ4n) is 1.98. The topological polar surface area (TPSA) is 61.0 Å². The molecule has 2 rings (SSSR count). The number of carbonyl (C=O) groups is 1. The van der Waals surface area contributed by atoms with Gasteiger partial charge in [0.15, 0.2) is 0 Å². The second-order valence-corrected chi connectivity index (χ2v) is 5.26. The highest BCUT2D eigenvalue weighted by Gasteiger charge is 2.29. The Bertz CT molecular complexity index is 615. The van der Waals surface area contributed by atoms with Crippen molar-refractivity contribution >= 4 is 22.6 Å². The summed E-state index contributed by atoms with van der Waals surface area (Å²) in [6.45, 7) is 5.65. The van der Waals surface area contributed by atoms with E-state index in [1.165, 1.54) is 0 Å². The largest absolute Gasteiger partial charge is 0.342 e. The number of H-pyrrole nitrogens is 1. The zero-order valence-corrected chi connectivity index (χ0v) is 12.0. The van der Waals surface area contributed by atoms with Gasteiger partial charge in [0.25, 0.3) is 0 Å². The predicted octanol–water partition coefficient (Wildman–Crippen LogP) is 1.83. The molecule has 0 bridgehead atoms. The molecule has 0 unspecified atom stereocenters. The summed E-state index contributed by atoms with van der Waals surface area (Å²) in [6, 6.07) is 5.77. The number of hydrogen-bond acceptors (Lipinski definition) is 3. The van der Waals surface area contributed by atoms with Gasteiger partial charge in [0.05, 0.1) is 16.6 Å². The van der Waals surface area contributed by atoms with E-state index in [1.54, 1.807) is 19.0 Å². The number of carbonyl (C=O) groups excluding carboxylic acids is 1. The molecule has 0 saturated heterocycles. The van der Waals surface area contributed by atoms with E-state index in [2.05, 4.69) is 15.3 Å². The lowest BCUT2D eigenvalue weighted by Crippen LogP contribution is -2.51. The second kappa shape index (κ2) is 4.66. The first-order valence-corrected chi connectivity index (χ1v) is 6.28. The average Bonchev–Trinajstić information content (AvgIpc) is 2.75. The molecule has 0 spiro atoms. The van der Waals surface area contributed by atoms with Gasteiger partial charge >= 0.3 is 0 Å². The molecular formula is C14H20N4O. The van der Waals surface area contributed by atoms with Gasteiger partial charge in [-0.15, -0.1) is 0 Å². The summed E-state index contributed by atoms with van der Waals surface area (Å²) in [4.78, 5) is 21.6. The number of likely N-dealkylation sites (N-methyl/N-ethyl adjacent to an activating group) is 2. The number of aryl methyl sites for hydroxylation is 1. The number of nitrogens with zero attached hydrogens (tertiary/aromatic N) is 2. The van der Waals surface area contributed by atoms with Crippen LogP contribution in [-0.4, -0.2) is 35.5 Å². The van der Waals surface area contributed by atoms with Crippen molar-refractivity contribution in [3.05, 3.63) is 24.0 Å². The zero-order chi connectivity index (χ0) is 14.2. The lowest BCUT2D eigenvalue weighted by atomic mass is 10.0. The van der Waals surface area contributed by atoms with E-state index in [1.807, 2.05) is 39.0 Å². The smallest absolute Gasteiger partial charge is 0.246 e. The molecule has 0 aliphatic carbocycles. The van der Waals surface area contributed by atoms with E-state index in [0.717, 1.165) is 22.5 Å². The molecule has 5 heteroatoms. The van der Waals surface area contributed by atoms with Gasteiger partial charge in [0.1, 0.15) is 5.82 Å². The molecule has 1 aromatic heterocycles. The lowest BCUT2D eigenvalue weighted by Gasteiger charge is -2.29. The molecule has 0 radical (unpaired) electrons. The van der Waals surface area contributed by atoms with Crippen LogP contribution in [0, 0.1) is 6.92 Å². The summed E-state index contributed by atoms with van der Waals surface area (Å²) in [5.74, 6) is 0.891.